The molecule has 1 fully saturated rings. The second-order valence-corrected chi connectivity index (χ2v) is 5.92. The molecule has 2 aromatic rings. The van der Waals surface area contributed by atoms with Crippen molar-refractivity contribution in [2.75, 3.05) is 19.2 Å². The van der Waals surface area contributed by atoms with Crippen LogP contribution in [-0.4, -0.2) is 67.3 Å². The van der Waals surface area contributed by atoms with E-state index < -0.39 is 36.6 Å². The lowest BCUT2D eigenvalue weighted by Gasteiger charge is -2.27. The number of aliphatic hydroxyl groups is 3. The van der Waals surface area contributed by atoms with E-state index in [2.05, 4.69) is 15.4 Å². The lowest BCUT2D eigenvalue weighted by atomic mass is 9.96. The van der Waals surface area contributed by atoms with Crippen molar-refractivity contribution in [1.82, 2.24) is 14.5 Å². The van der Waals surface area contributed by atoms with Crippen LogP contribution in [0.15, 0.2) is 12.5 Å². The Kier molecular flexibility index (Phi) is 4.34. The minimum absolute atomic E-state index is 0.0801. The average molecular weight is 353 g/mol. The van der Waals surface area contributed by atoms with Gasteiger partial charge in [0.15, 0.2) is 12.0 Å². The first kappa shape index (κ1) is 17.5. The van der Waals surface area contributed by atoms with E-state index >= 15 is 0 Å². The van der Waals surface area contributed by atoms with Gasteiger partial charge < -0.3 is 30.4 Å². The third-order valence-corrected chi connectivity index (χ3v) is 4.26. The zero-order valence-corrected chi connectivity index (χ0v) is 13.6. The predicted molar refractivity (Wildman–Crippen MR) is 84.3 cm³/mol. The van der Waals surface area contributed by atoms with Gasteiger partial charge in [0.1, 0.15) is 29.8 Å². The minimum Gasteiger partial charge on any atom is -0.394 e. The minimum atomic E-state index is -1.74. The van der Waals surface area contributed by atoms with E-state index in [4.69, 9.17) is 15.3 Å². The maximum Gasteiger partial charge on any atom is 0.251 e. The molecule has 0 saturated carbocycles. The fraction of sp³-hybridized carbons (Fsp3) is 0.500. The number of carbonyl (C=O) groups excluding carboxylic acids is 1. The van der Waals surface area contributed by atoms with Crippen molar-refractivity contribution >= 4 is 22.8 Å². The molecule has 0 aliphatic carbocycles. The van der Waals surface area contributed by atoms with E-state index in [0.717, 1.165) is 0 Å². The van der Waals surface area contributed by atoms with E-state index in [1.165, 1.54) is 31.1 Å². The summed E-state index contributed by atoms with van der Waals surface area (Å²) in [4.78, 5) is 24.8. The number of anilines is 1. The second-order valence-electron chi connectivity index (χ2n) is 5.92. The normalized spacial score (nSPS) is 29.2. The number of nitrogens with zero attached hydrogens (tertiary/aromatic N) is 3. The molecule has 0 spiro atoms. The zero-order valence-electron chi connectivity index (χ0n) is 13.6. The number of hydrogen-bond acceptors (Lipinski definition) is 9. The fourth-order valence-electron chi connectivity index (χ4n) is 3.01. The molecule has 3 heterocycles. The molecule has 6 N–H and O–H groups in total. The van der Waals surface area contributed by atoms with E-state index in [0.29, 0.717) is 0 Å². The van der Waals surface area contributed by atoms with E-state index in [-0.39, 0.29) is 22.4 Å². The number of amides is 1. The highest BCUT2D eigenvalue weighted by molar-refractivity contribution is 6.09. The van der Waals surface area contributed by atoms with Gasteiger partial charge in [0.2, 0.25) is 0 Å². The van der Waals surface area contributed by atoms with Gasteiger partial charge in [0, 0.05) is 6.20 Å². The largest absolute Gasteiger partial charge is 0.394 e. The summed E-state index contributed by atoms with van der Waals surface area (Å²) in [6.07, 6.45) is -0.855. The monoisotopic (exact) mass is 353 g/mol. The number of primary amides is 1. The number of aliphatic hydroxyl groups excluding tert-OH is 2. The summed E-state index contributed by atoms with van der Waals surface area (Å²) < 4.78 is 6.95. The number of carbonyl (C=O) groups is 1. The highest BCUT2D eigenvalue weighted by Crippen LogP contribution is 2.41. The maximum absolute atomic E-state index is 11.8. The predicted octanol–water partition coefficient (Wildman–Crippen LogP) is -1.49. The van der Waals surface area contributed by atoms with Gasteiger partial charge >= 0.3 is 0 Å². The Hall–Kier alpha value is -2.31. The third kappa shape index (κ3) is 2.62. The highest BCUT2D eigenvalue weighted by Gasteiger charge is 2.53. The van der Waals surface area contributed by atoms with Crippen LogP contribution in [0.3, 0.4) is 0 Å². The van der Waals surface area contributed by atoms with E-state index in [1.54, 1.807) is 0 Å². The SMILES string of the molecule is CONc1ncnc2c1c(C(N)=O)cn2C1OC(CO)C(O)C1(C)O. The van der Waals surface area contributed by atoms with E-state index in [9.17, 15) is 20.1 Å². The van der Waals surface area contributed by atoms with Crippen molar-refractivity contribution in [3.05, 3.63) is 18.1 Å². The summed E-state index contributed by atoms with van der Waals surface area (Å²) in [5.41, 5.74) is 6.54. The molecule has 25 heavy (non-hydrogen) atoms. The Labute approximate surface area is 142 Å². The highest BCUT2D eigenvalue weighted by atomic mass is 16.6. The molecule has 2 aromatic heterocycles. The van der Waals surface area contributed by atoms with Crippen molar-refractivity contribution in [2.45, 2.75) is 31.0 Å². The first-order valence-electron chi connectivity index (χ1n) is 7.44. The summed E-state index contributed by atoms with van der Waals surface area (Å²) in [6, 6.07) is 0. The van der Waals surface area contributed by atoms with Gasteiger partial charge in [-0.15, -0.1) is 0 Å². The topological polar surface area (TPSA) is 165 Å². The Balaban J connectivity index is 2.21. The van der Waals surface area contributed by atoms with Crippen molar-refractivity contribution in [2.24, 2.45) is 5.73 Å². The van der Waals surface area contributed by atoms with Gasteiger partial charge in [0.25, 0.3) is 5.91 Å². The first-order chi connectivity index (χ1) is 11.8. The molecule has 1 aliphatic rings. The average Bonchev–Trinajstić information content (AvgIpc) is 3.05. The molecule has 1 amide bonds. The molecular weight excluding hydrogens is 334 g/mol. The maximum atomic E-state index is 11.8. The Morgan fingerprint density at radius 1 is 1.56 bits per heavy atom. The van der Waals surface area contributed by atoms with Crippen LogP contribution in [0, 0.1) is 0 Å². The Morgan fingerprint density at radius 3 is 2.84 bits per heavy atom. The van der Waals surface area contributed by atoms with Crippen LogP contribution in [0.2, 0.25) is 0 Å². The molecule has 4 atom stereocenters. The van der Waals surface area contributed by atoms with Crippen molar-refractivity contribution in [3.8, 4) is 0 Å². The number of rotatable bonds is 5. The number of nitrogens with one attached hydrogen (secondary N) is 1. The van der Waals surface area contributed by atoms with Gasteiger partial charge in [-0.2, -0.15) is 0 Å². The van der Waals surface area contributed by atoms with Crippen LogP contribution in [0.5, 0.6) is 0 Å². The fourth-order valence-corrected chi connectivity index (χ4v) is 3.01. The summed E-state index contributed by atoms with van der Waals surface area (Å²) in [5, 5.41) is 30.4. The van der Waals surface area contributed by atoms with Crippen molar-refractivity contribution < 1.29 is 29.7 Å². The lowest BCUT2D eigenvalue weighted by Crippen LogP contribution is -2.44. The second kappa shape index (κ2) is 6.20. The van der Waals surface area contributed by atoms with Crippen molar-refractivity contribution in [1.29, 1.82) is 0 Å². The molecule has 3 rings (SSSR count). The number of hydrogen-bond donors (Lipinski definition) is 5. The van der Waals surface area contributed by atoms with Crippen LogP contribution in [-0.2, 0) is 9.57 Å². The van der Waals surface area contributed by atoms with Gasteiger partial charge in [0.05, 0.1) is 24.7 Å². The molecule has 11 heteroatoms. The van der Waals surface area contributed by atoms with Crippen LogP contribution >= 0.6 is 0 Å². The van der Waals surface area contributed by atoms with Crippen LogP contribution in [0.25, 0.3) is 11.0 Å². The molecular formula is C14H19N5O6. The standard InChI is InChI=1S/C14H19N5O6/c1-14(23)9(21)7(4-20)25-13(14)19-3-6(10(15)22)8-11(18-24-2)16-5-17-12(8)19/h3,5,7,9,13,20-21,23H,4H2,1-2H3,(H2,15,22)(H,16,17,18). The lowest BCUT2D eigenvalue weighted by molar-refractivity contribution is -0.0948. The van der Waals surface area contributed by atoms with Gasteiger partial charge in [-0.1, -0.05) is 0 Å². The summed E-state index contributed by atoms with van der Waals surface area (Å²) in [6.45, 7) is 0.879. The molecule has 1 saturated heterocycles. The van der Waals surface area contributed by atoms with Gasteiger partial charge in [-0.3, -0.25) is 9.63 Å². The molecule has 0 radical (unpaired) electrons. The number of fused-ring (bicyclic) bond motifs is 1. The summed E-state index contributed by atoms with van der Waals surface area (Å²) in [5.74, 6) is -0.536. The smallest absolute Gasteiger partial charge is 0.251 e. The zero-order chi connectivity index (χ0) is 18.4. The quantitative estimate of drug-likeness (QED) is 0.402. The number of nitrogens with two attached hydrogens (primary N) is 1. The van der Waals surface area contributed by atoms with Gasteiger partial charge in [-0.25, -0.2) is 15.4 Å². The molecule has 1 aliphatic heterocycles. The molecule has 11 nitrogen and oxygen atoms in total. The van der Waals surface area contributed by atoms with Crippen LogP contribution in [0.4, 0.5) is 5.82 Å². The number of aromatic nitrogens is 3. The van der Waals surface area contributed by atoms with Gasteiger partial charge in [-0.05, 0) is 6.92 Å². The van der Waals surface area contributed by atoms with E-state index in [1.807, 2.05) is 0 Å². The Morgan fingerprint density at radius 2 is 2.28 bits per heavy atom. The molecule has 0 aromatic carbocycles. The summed E-state index contributed by atoms with van der Waals surface area (Å²) >= 11 is 0. The third-order valence-electron chi connectivity index (χ3n) is 4.26. The van der Waals surface area contributed by atoms with Crippen LogP contribution in [0.1, 0.15) is 23.5 Å². The molecule has 136 valence electrons. The molecule has 4 unspecified atom stereocenters. The summed E-state index contributed by atoms with van der Waals surface area (Å²) in [7, 11) is 1.38. The van der Waals surface area contributed by atoms with Crippen LogP contribution < -0.4 is 11.2 Å². The number of ether oxygens (including phenoxy) is 1. The molecule has 0 bridgehead atoms. The Bertz CT molecular complexity index is 806. The van der Waals surface area contributed by atoms with Crippen molar-refractivity contribution in [3.63, 3.8) is 0 Å². The first-order valence-corrected chi connectivity index (χ1v) is 7.44.